The Balaban J connectivity index is 1.84. The Labute approximate surface area is 201 Å². The summed E-state index contributed by atoms with van der Waals surface area (Å²) in [5.41, 5.74) is 2.26. The van der Waals surface area contributed by atoms with Crippen molar-refractivity contribution in [3.63, 3.8) is 0 Å². The maximum atomic E-state index is 12.8. The minimum absolute atomic E-state index is 0.156. The lowest BCUT2D eigenvalue weighted by atomic mass is 10.1. The second-order valence-corrected chi connectivity index (χ2v) is 8.62. The molecular weight excluding hydrogens is 444 g/mol. The van der Waals surface area contributed by atoms with Gasteiger partial charge in [0.05, 0.1) is 0 Å². The number of halogens is 2. The molecule has 3 N–H and O–H groups in total. The maximum absolute atomic E-state index is 12.8. The summed E-state index contributed by atoms with van der Waals surface area (Å²) >= 11 is 0. The Hall–Kier alpha value is -2.49. The van der Waals surface area contributed by atoms with Gasteiger partial charge in [-0.2, -0.15) is 0 Å². The molecule has 192 valence electrons. The highest BCUT2D eigenvalue weighted by Crippen LogP contribution is 2.20. The molecule has 0 aromatic carbocycles. The highest BCUT2D eigenvalue weighted by atomic mass is 19.3. The number of aromatic nitrogens is 1. The number of rotatable bonds is 15. The van der Waals surface area contributed by atoms with Crippen molar-refractivity contribution >= 4 is 17.8 Å². The number of carbonyl (C=O) groups is 2. The third kappa shape index (κ3) is 9.40. The zero-order valence-electron chi connectivity index (χ0n) is 20.4. The predicted octanol–water partition coefficient (Wildman–Crippen LogP) is 3.61. The smallest absolute Gasteiger partial charge is 0.326 e. The van der Waals surface area contributed by atoms with Crippen molar-refractivity contribution < 1.29 is 23.5 Å². The van der Waals surface area contributed by atoms with Gasteiger partial charge in [0.25, 0.3) is 0 Å². The number of aryl methyl sites for hydroxylation is 2. The Bertz CT molecular complexity index is 777. The van der Waals surface area contributed by atoms with Gasteiger partial charge in [-0.25, -0.2) is 23.4 Å². The lowest BCUT2D eigenvalue weighted by Crippen LogP contribution is -2.49. The standard InChI is InChI=1S/C24H39F2N5O3/c1-3-31(4-2)24(34)29-20(23(32)33)12-16-30(17-13-21(25)26)15-6-5-9-19-11-10-18-8-7-14-27-22(18)28-19/h10-11,20-21H,3-9,12-17H2,1-2H3,(H,27,28)(H,29,34)(H,32,33)/t20-/m0/s1. The van der Waals surface area contributed by atoms with Crippen LogP contribution in [0.2, 0.25) is 0 Å². The molecule has 0 aliphatic carbocycles. The van der Waals surface area contributed by atoms with Crippen LogP contribution >= 0.6 is 0 Å². The van der Waals surface area contributed by atoms with Crippen LogP contribution in [-0.4, -0.2) is 83.6 Å². The quantitative estimate of drug-likeness (QED) is 0.330. The van der Waals surface area contributed by atoms with Crippen LogP contribution in [0.1, 0.15) is 57.2 Å². The third-order valence-electron chi connectivity index (χ3n) is 6.15. The summed E-state index contributed by atoms with van der Waals surface area (Å²) < 4.78 is 25.6. The largest absolute Gasteiger partial charge is 0.480 e. The van der Waals surface area contributed by atoms with E-state index in [1.54, 1.807) is 0 Å². The third-order valence-corrected chi connectivity index (χ3v) is 6.15. The van der Waals surface area contributed by atoms with Gasteiger partial charge in [0.15, 0.2) is 0 Å². The number of aliphatic carboxylic acids is 1. The molecular formula is C24H39F2N5O3. The molecule has 0 fully saturated rings. The fourth-order valence-electron chi connectivity index (χ4n) is 4.09. The summed E-state index contributed by atoms with van der Waals surface area (Å²) in [5, 5.41) is 15.4. The van der Waals surface area contributed by atoms with Crippen molar-refractivity contribution in [1.29, 1.82) is 0 Å². The van der Waals surface area contributed by atoms with Crippen LogP contribution < -0.4 is 10.6 Å². The molecule has 0 bridgehead atoms. The molecule has 8 nitrogen and oxygen atoms in total. The van der Waals surface area contributed by atoms with Gasteiger partial charge in [-0.05, 0) is 70.5 Å². The van der Waals surface area contributed by atoms with Crippen molar-refractivity contribution in [1.82, 2.24) is 20.1 Å². The molecule has 34 heavy (non-hydrogen) atoms. The van der Waals surface area contributed by atoms with Gasteiger partial charge >= 0.3 is 12.0 Å². The number of carbonyl (C=O) groups excluding carboxylic acids is 1. The number of alkyl halides is 2. The van der Waals surface area contributed by atoms with Crippen molar-refractivity contribution in [3.8, 4) is 0 Å². The fraction of sp³-hybridized carbons (Fsp3) is 0.708. The Morgan fingerprint density at radius 1 is 1.15 bits per heavy atom. The number of unbranched alkanes of at least 4 members (excludes halogenated alkanes) is 1. The van der Waals surface area contributed by atoms with E-state index in [-0.39, 0.29) is 19.4 Å². The number of pyridine rings is 1. The molecule has 0 unspecified atom stereocenters. The molecule has 2 heterocycles. The average Bonchev–Trinajstić information content (AvgIpc) is 2.82. The molecule has 0 radical (unpaired) electrons. The van der Waals surface area contributed by atoms with E-state index in [9.17, 15) is 23.5 Å². The minimum atomic E-state index is -2.41. The summed E-state index contributed by atoms with van der Waals surface area (Å²) in [7, 11) is 0. The van der Waals surface area contributed by atoms with Crippen LogP contribution in [0.4, 0.5) is 19.4 Å². The number of hydrogen-bond acceptors (Lipinski definition) is 5. The molecule has 0 saturated heterocycles. The lowest BCUT2D eigenvalue weighted by Gasteiger charge is -2.26. The number of urea groups is 1. The number of carboxylic acid groups (broad SMARTS) is 1. The van der Waals surface area contributed by atoms with Gasteiger partial charge in [-0.1, -0.05) is 6.07 Å². The number of hydrogen-bond donors (Lipinski definition) is 3. The number of fused-ring (bicyclic) bond motifs is 1. The molecule has 0 spiro atoms. The van der Waals surface area contributed by atoms with Crippen LogP contribution in [-0.2, 0) is 17.6 Å². The molecule has 1 aliphatic rings. The summed E-state index contributed by atoms with van der Waals surface area (Å²) in [6.07, 6.45) is 2.09. The summed E-state index contributed by atoms with van der Waals surface area (Å²) in [5.74, 6) is -0.157. The van der Waals surface area contributed by atoms with E-state index in [1.165, 1.54) is 10.5 Å². The number of anilines is 1. The average molecular weight is 484 g/mol. The first-order chi connectivity index (χ1) is 16.3. The van der Waals surface area contributed by atoms with Crippen LogP contribution in [0.25, 0.3) is 0 Å². The molecule has 10 heteroatoms. The van der Waals surface area contributed by atoms with Gasteiger partial charge < -0.3 is 25.5 Å². The zero-order chi connectivity index (χ0) is 24.9. The summed E-state index contributed by atoms with van der Waals surface area (Å²) in [4.78, 5) is 32.0. The molecule has 2 amide bonds. The Kier molecular flexibility index (Phi) is 12.0. The van der Waals surface area contributed by atoms with Crippen molar-refractivity contribution in [2.24, 2.45) is 0 Å². The normalized spacial score (nSPS) is 13.9. The topological polar surface area (TPSA) is 97.8 Å². The summed E-state index contributed by atoms with van der Waals surface area (Å²) in [6.45, 7) is 6.64. The van der Waals surface area contributed by atoms with E-state index in [4.69, 9.17) is 4.98 Å². The first-order valence-corrected chi connectivity index (χ1v) is 12.3. The molecule has 1 aromatic heterocycles. The number of nitrogens with zero attached hydrogens (tertiary/aromatic N) is 3. The lowest BCUT2D eigenvalue weighted by molar-refractivity contribution is -0.139. The second-order valence-electron chi connectivity index (χ2n) is 8.62. The predicted molar refractivity (Wildman–Crippen MR) is 129 cm³/mol. The van der Waals surface area contributed by atoms with Gasteiger partial charge in [0.1, 0.15) is 11.9 Å². The van der Waals surface area contributed by atoms with E-state index < -0.39 is 24.5 Å². The fourth-order valence-corrected chi connectivity index (χ4v) is 4.09. The Morgan fingerprint density at radius 3 is 2.56 bits per heavy atom. The van der Waals surface area contributed by atoms with Gasteiger partial charge in [0, 0.05) is 44.8 Å². The molecule has 1 aromatic rings. The number of nitrogens with one attached hydrogen (secondary N) is 2. The first kappa shape index (κ1) is 27.8. The first-order valence-electron chi connectivity index (χ1n) is 12.3. The van der Waals surface area contributed by atoms with Crippen LogP contribution in [0.3, 0.4) is 0 Å². The highest BCUT2D eigenvalue weighted by Gasteiger charge is 2.23. The summed E-state index contributed by atoms with van der Waals surface area (Å²) in [6, 6.07) is 2.69. The van der Waals surface area contributed by atoms with E-state index in [0.717, 1.165) is 50.2 Å². The van der Waals surface area contributed by atoms with Crippen LogP contribution in [0.15, 0.2) is 12.1 Å². The zero-order valence-corrected chi connectivity index (χ0v) is 20.4. The van der Waals surface area contributed by atoms with E-state index >= 15 is 0 Å². The highest BCUT2D eigenvalue weighted by molar-refractivity contribution is 5.82. The number of amides is 2. The van der Waals surface area contributed by atoms with Crippen LogP contribution in [0, 0.1) is 0 Å². The van der Waals surface area contributed by atoms with Crippen molar-refractivity contribution in [2.75, 3.05) is 44.6 Å². The number of carboxylic acids is 1. The molecule has 0 saturated carbocycles. The maximum Gasteiger partial charge on any atom is 0.326 e. The minimum Gasteiger partial charge on any atom is -0.480 e. The molecule has 1 atom stereocenters. The van der Waals surface area contributed by atoms with E-state index in [2.05, 4.69) is 22.8 Å². The van der Waals surface area contributed by atoms with Crippen LogP contribution in [0.5, 0.6) is 0 Å². The van der Waals surface area contributed by atoms with Gasteiger partial charge in [-0.15, -0.1) is 0 Å². The Morgan fingerprint density at radius 2 is 1.88 bits per heavy atom. The van der Waals surface area contributed by atoms with Crippen molar-refractivity contribution in [3.05, 3.63) is 23.4 Å². The second kappa shape index (κ2) is 14.7. The van der Waals surface area contributed by atoms with Crippen molar-refractivity contribution in [2.45, 2.75) is 71.3 Å². The van der Waals surface area contributed by atoms with Gasteiger partial charge in [-0.3, -0.25) is 0 Å². The molecule has 1 aliphatic heterocycles. The monoisotopic (exact) mass is 483 g/mol. The van der Waals surface area contributed by atoms with Gasteiger partial charge in [0.2, 0.25) is 6.43 Å². The van der Waals surface area contributed by atoms with E-state index in [0.29, 0.717) is 26.2 Å². The van der Waals surface area contributed by atoms with E-state index in [1.807, 2.05) is 18.7 Å². The SMILES string of the molecule is CCN(CC)C(=O)N[C@@H](CCN(CCCCc1ccc2c(n1)NCCC2)CCC(F)F)C(=O)O. The molecule has 2 rings (SSSR count).